The van der Waals surface area contributed by atoms with E-state index in [1.165, 1.54) is 0 Å². The van der Waals surface area contributed by atoms with Crippen molar-refractivity contribution in [2.45, 2.75) is 4.90 Å². The van der Waals surface area contributed by atoms with E-state index in [9.17, 15) is 8.42 Å². The van der Waals surface area contributed by atoms with Gasteiger partial charge in [-0.2, -0.15) is 0 Å². The van der Waals surface area contributed by atoms with E-state index < -0.39 is 9.84 Å². The summed E-state index contributed by atoms with van der Waals surface area (Å²) < 4.78 is 23.2. The number of benzene rings is 1. The van der Waals surface area contributed by atoms with E-state index in [-0.39, 0.29) is 5.75 Å². The molecule has 0 fully saturated rings. The lowest BCUT2D eigenvalue weighted by Gasteiger charge is -1.99. The van der Waals surface area contributed by atoms with Gasteiger partial charge in [0.25, 0.3) is 0 Å². The summed E-state index contributed by atoms with van der Waals surface area (Å²) in [4.78, 5) is 0.347. The van der Waals surface area contributed by atoms with Crippen LogP contribution < -0.4 is 0 Å². The lowest BCUT2D eigenvalue weighted by Crippen LogP contribution is -2.04. The first-order valence-electron chi connectivity index (χ1n) is 4.15. The van der Waals surface area contributed by atoms with Gasteiger partial charge in [0.05, 0.1) is 10.6 Å². The average molecular weight is 231 g/mol. The maximum atomic E-state index is 11.6. The Balaban J connectivity index is 2.82. The summed E-state index contributed by atoms with van der Waals surface area (Å²) >= 11 is 5.39. The van der Waals surface area contributed by atoms with Gasteiger partial charge in [-0.25, -0.2) is 8.42 Å². The average Bonchev–Trinajstić information content (AvgIpc) is 2.19. The zero-order chi connectivity index (χ0) is 10.4. The fraction of sp³-hybridized carbons (Fsp3) is 0.200. The Hall–Kier alpha value is -0.800. The summed E-state index contributed by atoms with van der Waals surface area (Å²) in [5, 5.41) is 0. The molecule has 0 aliphatic rings. The number of rotatable bonds is 4. The van der Waals surface area contributed by atoms with E-state index >= 15 is 0 Å². The molecule has 0 heterocycles. The van der Waals surface area contributed by atoms with Gasteiger partial charge in [0, 0.05) is 5.88 Å². The maximum absolute atomic E-state index is 11.6. The minimum Gasteiger partial charge on any atom is -0.223 e. The highest BCUT2D eigenvalue weighted by atomic mass is 35.5. The minimum absolute atomic E-state index is 0.00370. The number of hydrogen-bond acceptors (Lipinski definition) is 2. The predicted molar refractivity (Wildman–Crippen MR) is 58.4 cm³/mol. The Labute approximate surface area is 89.1 Å². The number of sulfone groups is 1. The van der Waals surface area contributed by atoms with Crippen LogP contribution in [0.4, 0.5) is 0 Å². The van der Waals surface area contributed by atoms with Crippen molar-refractivity contribution in [3.05, 3.63) is 42.5 Å². The zero-order valence-corrected chi connectivity index (χ0v) is 9.13. The Bertz CT molecular complexity index is 395. The predicted octanol–water partition coefficient (Wildman–Crippen LogP) is 2.26. The zero-order valence-electron chi connectivity index (χ0n) is 7.56. The molecule has 0 atom stereocenters. The van der Waals surface area contributed by atoms with Crippen molar-refractivity contribution < 1.29 is 8.42 Å². The summed E-state index contributed by atoms with van der Waals surface area (Å²) in [6.45, 7) is 0. The maximum Gasteiger partial charge on any atom is 0.181 e. The van der Waals surface area contributed by atoms with E-state index in [1.807, 2.05) is 0 Å². The van der Waals surface area contributed by atoms with Crippen LogP contribution in [0.1, 0.15) is 0 Å². The highest BCUT2D eigenvalue weighted by Crippen LogP contribution is 2.09. The quantitative estimate of drug-likeness (QED) is 0.587. The van der Waals surface area contributed by atoms with Crippen LogP contribution in [0.15, 0.2) is 47.4 Å². The second-order valence-corrected chi connectivity index (χ2v) is 5.06. The molecule has 0 aliphatic heterocycles. The lowest BCUT2D eigenvalue weighted by molar-refractivity contribution is 0.599. The van der Waals surface area contributed by atoms with Gasteiger partial charge in [-0.1, -0.05) is 30.4 Å². The van der Waals surface area contributed by atoms with Gasteiger partial charge in [-0.15, -0.1) is 11.6 Å². The molecule has 76 valence electrons. The molecule has 14 heavy (non-hydrogen) atoms. The first-order valence-corrected chi connectivity index (χ1v) is 6.34. The minimum atomic E-state index is -3.18. The third-order valence-corrected chi connectivity index (χ3v) is 3.47. The second kappa shape index (κ2) is 5.17. The molecule has 0 radical (unpaired) electrons. The van der Waals surface area contributed by atoms with Crippen LogP contribution in [-0.2, 0) is 9.84 Å². The van der Waals surface area contributed by atoms with Crippen molar-refractivity contribution in [2.75, 3.05) is 11.6 Å². The third kappa shape index (κ3) is 3.16. The van der Waals surface area contributed by atoms with E-state index in [1.54, 1.807) is 42.5 Å². The molecule has 1 aromatic rings. The number of allylic oxidation sites excluding steroid dienone is 1. The number of halogens is 1. The molecule has 0 N–H and O–H groups in total. The standard InChI is InChI=1S/C10H11ClO2S/c11-8-4-5-9-14(12,13)10-6-2-1-3-7-10/h1-7H,8-9H2/b5-4+. The third-order valence-electron chi connectivity index (χ3n) is 1.67. The number of hydrogen-bond donors (Lipinski definition) is 0. The van der Waals surface area contributed by atoms with Crippen molar-refractivity contribution in [1.29, 1.82) is 0 Å². The van der Waals surface area contributed by atoms with Gasteiger partial charge in [0.15, 0.2) is 9.84 Å². The van der Waals surface area contributed by atoms with Crippen LogP contribution >= 0.6 is 11.6 Å². The van der Waals surface area contributed by atoms with Gasteiger partial charge >= 0.3 is 0 Å². The van der Waals surface area contributed by atoms with Gasteiger partial charge < -0.3 is 0 Å². The molecule has 0 amide bonds. The Morgan fingerprint density at radius 3 is 2.36 bits per heavy atom. The molecule has 0 saturated carbocycles. The normalized spacial score (nSPS) is 12.1. The number of alkyl halides is 1. The molecule has 0 aromatic heterocycles. The van der Waals surface area contributed by atoms with Gasteiger partial charge in [0.2, 0.25) is 0 Å². The largest absolute Gasteiger partial charge is 0.223 e. The van der Waals surface area contributed by atoms with Crippen LogP contribution in [0, 0.1) is 0 Å². The smallest absolute Gasteiger partial charge is 0.181 e. The van der Waals surface area contributed by atoms with E-state index in [0.29, 0.717) is 10.8 Å². The summed E-state index contributed by atoms with van der Waals surface area (Å²) in [5.41, 5.74) is 0. The van der Waals surface area contributed by atoms with Gasteiger partial charge in [-0.3, -0.25) is 0 Å². The van der Waals surface area contributed by atoms with Crippen LogP contribution in [0.5, 0.6) is 0 Å². The van der Waals surface area contributed by atoms with Crippen LogP contribution in [-0.4, -0.2) is 20.1 Å². The lowest BCUT2D eigenvalue weighted by atomic mass is 10.4. The van der Waals surface area contributed by atoms with Gasteiger partial charge in [-0.05, 0) is 12.1 Å². The SMILES string of the molecule is O=S(=O)(C/C=C/CCl)c1ccccc1. The van der Waals surface area contributed by atoms with Crippen molar-refractivity contribution in [3.8, 4) is 0 Å². The van der Waals surface area contributed by atoms with Crippen molar-refractivity contribution >= 4 is 21.4 Å². The molecule has 0 saturated heterocycles. The Morgan fingerprint density at radius 1 is 1.14 bits per heavy atom. The Kier molecular flexibility index (Phi) is 4.17. The van der Waals surface area contributed by atoms with E-state index in [2.05, 4.69) is 0 Å². The Morgan fingerprint density at radius 2 is 1.79 bits per heavy atom. The van der Waals surface area contributed by atoms with Crippen molar-refractivity contribution in [1.82, 2.24) is 0 Å². The van der Waals surface area contributed by atoms with Gasteiger partial charge in [0.1, 0.15) is 0 Å². The molecule has 0 aliphatic carbocycles. The monoisotopic (exact) mass is 230 g/mol. The van der Waals surface area contributed by atoms with Crippen LogP contribution in [0.2, 0.25) is 0 Å². The first kappa shape index (κ1) is 11.3. The van der Waals surface area contributed by atoms with E-state index in [4.69, 9.17) is 11.6 Å². The summed E-state index contributed by atoms with van der Waals surface area (Å²) in [6.07, 6.45) is 3.19. The molecule has 0 unspecified atom stereocenters. The fourth-order valence-corrected chi connectivity index (χ4v) is 2.26. The topological polar surface area (TPSA) is 34.1 Å². The van der Waals surface area contributed by atoms with Crippen LogP contribution in [0.25, 0.3) is 0 Å². The van der Waals surface area contributed by atoms with Crippen molar-refractivity contribution in [2.24, 2.45) is 0 Å². The molecule has 0 spiro atoms. The summed E-state index contributed by atoms with van der Waals surface area (Å²) in [6, 6.07) is 8.37. The van der Waals surface area contributed by atoms with Crippen molar-refractivity contribution in [3.63, 3.8) is 0 Å². The fourth-order valence-electron chi connectivity index (χ4n) is 0.982. The highest BCUT2D eigenvalue weighted by Gasteiger charge is 2.10. The highest BCUT2D eigenvalue weighted by molar-refractivity contribution is 7.91. The second-order valence-electron chi connectivity index (χ2n) is 2.72. The summed E-state index contributed by atoms with van der Waals surface area (Å²) in [7, 11) is -3.18. The molecule has 4 heteroatoms. The van der Waals surface area contributed by atoms with E-state index in [0.717, 1.165) is 0 Å². The molecular weight excluding hydrogens is 220 g/mol. The van der Waals surface area contributed by atoms with Crippen LogP contribution in [0.3, 0.4) is 0 Å². The molecule has 1 rings (SSSR count). The molecule has 0 bridgehead atoms. The summed E-state index contributed by atoms with van der Waals surface area (Å²) in [5.74, 6) is 0.341. The molecule has 1 aromatic carbocycles. The first-order chi connectivity index (χ1) is 6.67. The molecule has 2 nitrogen and oxygen atoms in total. The molecular formula is C10H11ClO2S.